The van der Waals surface area contributed by atoms with E-state index in [4.69, 9.17) is 0 Å². The molecule has 0 aliphatic heterocycles. The van der Waals surface area contributed by atoms with E-state index in [2.05, 4.69) is 20.3 Å². The fourth-order valence-electron chi connectivity index (χ4n) is 2.83. The number of hydrogen-bond donors (Lipinski definition) is 2. The van der Waals surface area contributed by atoms with Crippen molar-refractivity contribution in [3.63, 3.8) is 0 Å². The van der Waals surface area contributed by atoms with E-state index in [1.807, 2.05) is 44.2 Å². The van der Waals surface area contributed by atoms with Gasteiger partial charge in [0.05, 0.1) is 12.5 Å². The Kier molecular flexibility index (Phi) is 5.45. The quantitative estimate of drug-likeness (QED) is 0.730. The second-order valence-electron chi connectivity index (χ2n) is 6.57. The van der Waals surface area contributed by atoms with Crippen LogP contribution in [0.4, 0.5) is 0 Å². The summed E-state index contributed by atoms with van der Waals surface area (Å²) in [5.74, 6) is 0.180. The van der Waals surface area contributed by atoms with Crippen molar-refractivity contribution in [1.82, 2.24) is 20.3 Å². The number of aromatic nitrogens is 3. The molecule has 3 aromatic rings. The molecule has 0 bridgehead atoms. The number of aryl methyl sites for hydroxylation is 2. The van der Waals surface area contributed by atoms with E-state index in [9.17, 15) is 9.59 Å². The minimum atomic E-state index is -0.318. The first-order chi connectivity index (χ1) is 12.9. The highest BCUT2D eigenvalue weighted by molar-refractivity contribution is 5.79. The Hall–Kier alpha value is -3.28. The summed E-state index contributed by atoms with van der Waals surface area (Å²) in [7, 11) is 0. The van der Waals surface area contributed by atoms with Gasteiger partial charge in [-0.25, -0.2) is 4.98 Å². The molecule has 27 heavy (non-hydrogen) atoms. The van der Waals surface area contributed by atoms with Crippen molar-refractivity contribution in [3.8, 4) is 11.5 Å². The maximum atomic E-state index is 12.5. The largest absolute Gasteiger partial charge is 0.349 e. The summed E-state index contributed by atoms with van der Waals surface area (Å²) in [4.78, 5) is 36.2. The molecule has 0 aliphatic carbocycles. The van der Waals surface area contributed by atoms with Gasteiger partial charge in [0.1, 0.15) is 5.69 Å². The molecule has 2 N–H and O–H groups in total. The molecule has 0 unspecified atom stereocenters. The van der Waals surface area contributed by atoms with Gasteiger partial charge in [-0.2, -0.15) is 0 Å². The van der Waals surface area contributed by atoms with Crippen LogP contribution in [0.25, 0.3) is 11.5 Å². The smallest absolute Gasteiger partial charge is 0.255 e. The van der Waals surface area contributed by atoms with E-state index in [-0.39, 0.29) is 23.9 Å². The highest BCUT2D eigenvalue weighted by Gasteiger charge is 2.16. The molecule has 0 spiro atoms. The van der Waals surface area contributed by atoms with Crippen LogP contribution in [0.5, 0.6) is 0 Å². The molecular formula is C21H22N4O2. The van der Waals surface area contributed by atoms with Gasteiger partial charge in [0.2, 0.25) is 5.91 Å². The molecular weight excluding hydrogens is 340 g/mol. The molecule has 6 heteroatoms. The number of amides is 1. The number of carbonyl (C=O) groups excluding carboxylic acids is 1. The number of hydrogen-bond acceptors (Lipinski definition) is 4. The maximum absolute atomic E-state index is 12.5. The van der Waals surface area contributed by atoms with Gasteiger partial charge in [0, 0.05) is 17.5 Å². The maximum Gasteiger partial charge on any atom is 0.255 e. The second-order valence-corrected chi connectivity index (χ2v) is 6.57. The van der Waals surface area contributed by atoms with Crippen LogP contribution in [0.3, 0.4) is 0 Å². The monoisotopic (exact) mass is 362 g/mol. The number of carbonyl (C=O) groups is 1. The zero-order chi connectivity index (χ0) is 19.4. The van der Waals surface area contributed by atoms with Crippen LogP contribution in [0, 0.1) is 13.8 Å². The Labute approximate surface area is 157 Å². The molecule has 0 fully saturated rings. The number of nitrogens with zero attached hydrogens (tertiary/aromatic N) is 2. The molecule has 0 aliphatic rings. The number of nitrogens with one attached hydrogen (secondary N) is 2. The first-order valence-electron chi connectivity index (χ1n) is 8.81. The van der Waals surface area contributed by atoms with Crippen LogP contribution in [-0.2, 0) is 11.2 Å². The molecule has 0 saturated carbocycles. The Balaban J connectivity index is 1.74. The van der Waals surface area contributed by atoms with Gasteiger partial charge in [-0.3, -0.25) is 14.6 Å². The standard InChI is InChI=1S/C21H22N4O2/c1-13-7-9-16(10-8-13)14(2)23-19(26)12-17-15(3)24-20(25-21(17)27)18-6-4-5-11-22-18/h4-11,14H,12H2,1-3H3,(H,23,26)(H,24,25,27)/t14-/m0/s1. The predicted molar refractivity (Wildman–Crippen MR) is 104 cm³/mol. The van der Waals surface area contributed by atoms with Gasteiger partial charge >= 0.3 is 0 Å². The molecule has 138 valence electrons. The van der Waals surface area contributed by atoms with Gasteiger partial charge in [0.25, 0.3) is 5.56 Å². The molecule has 0 radical (unpaired) electrons. The Morgan fingerprint density at radius 1 is 1.15 bits per heavy atom. The van der Waals surface area contributed by atoms with Crippen LogP contribution < -0.4 is 10.9 Å². The summed E-state index contributed by atoms with van der Waals surface area (Å²) in [6.07, 6.45) is 1.62. The molecule has 6 nitrogen and oxygen atoms in total. The van der Waals surface area contributed by atoms with Crippen LogP contribution in [0.15, 0.2) is 53.5 Å². The zero-order valence-corrected chi connectivity index (χ0v) is 15.6. The Morgan fingerprint density at radius 2 is 1.89 bits per heavy atom. The first-order valence-corrected chi connectivity index (χ1v) is 8.81. The fraction of sp³-hybridized carbons (Fsp3) is 0.238. The van der Waals surface area contributed by atoms with Crippen LogP contribution in [0.1, 0.15) is 35.3 Å². The summed E-state index contributed by atoms with van der Waals surface area (Å²) < 4.78 is 0. The van der Waals surface area contributed by atoms with Crippen molar-refractivity contribution in [1.29, 1.82) is 0 Å². The summed E-state index contributed by atoms with van der Waals surface area (Å²) in [5, 5.41) is 2.93. The van der Waals surface area contributed by atoms with E-state index in [0.717, 1.165) is 5.56 Å². The molecule has 3 rings (SSSR count). The van der Waals surface area contributed by atoms with Crippen molar-refractivity contribution < 1.29 is 4.79 Å². The van der Waals surface area contributed by atoms with Crippen molar-refractivity contribution in [3.05, 3.63) is 81.4 Å². The minimum absolute atomic E-state index is 0.0210. The lowest BCUT2D eigenvalue weighted by Gasteiger charge is -2.15. The number of aromatic amines is 1. The van der Waals surface area contributed by atoms with E-state index in [1.54, 1.807) is 25.3 Å². The van der Waals surface area contributed by atoms with E-state index in [1.165, 1.54) is 5.56 Å². The summed E-state index contributed by atoms with van der Waals surface area (Å²) in [6.45, 7) is 5.67. The topological polar surface area (TPSA) is 87.7 Å². The third-order valence-corrected chi connectivity index (χ3v) is 4.42. The van der Waals surface area contributed by atoms with Gasteiger partial charge < -0.3 is 10.3 Å². The lowest BCUT2D eigenvalue weighted by Crippen LogP contribution is -2.31. The van der Waals surface area contributed by atoms with Gasteiger partial charge in [-0.05, 0) is 38.5 Å². The van der Waals surface area contributed by atoms with Crippen molar-refractivity contribution >= 4 is 5.91 Å². The number of H-pyrrole nitrogens is 1. The number of benzene rings is 1. The first kappa shape index (κ1) is 18.5. The van der Waals surface area contributed by atoms with Crippen LogP contribution in [-0.4, -0.2) is 20.9 Å². The highest BCUT2D eigenvalue weighted by Crippen LogP contribution is 2.14. The average Bonchev–Trinajstić information content (AvgIpc) is 2.65. The SMILES string of the molecule is Cc1ccc([C@H](C)NC(=O)Cc2c(C)nc(-c3ccccn3)[nH]c2=O)cc1. The molecule has 0 saturated heterocycles. The molecule has 1 atom stereocenters. The lowest BCUT2D eigenvalue weighted by molar-refractivity contribution is -0.121. The van der Waals surface area contributed by atoms with Gasteiger partial charge in [0.15, 0.2) is 5.82 Å². The van der Waals surface area contributed by atoms with Crippen LogP contribution in [0.2, 0.25) is 0 Å². The summed E-state index contributed by atoms with van der Waals surface area (Å²) in [6, 6.07) is 13.2. The van der Waals surface area contributed by atoms with E-state index >= 15 is 0 Å². The number of pyridine rings is 1. The predicted octanol–water partition coefficient (Wildman–Crippen LogP) is 2.87. The Bertz CT molecular complexity index is 995. The van der Waals surface area contributed by atoms with Crippen molar-refractivity contribution in [2.75, 3.05) is 0 Å². The zero-order valence-electron chi connectivity index (χ0n) is 15.6. The highest BCUT2D eigenvalue weighted by atomic mass is 16.2. The molecule has 1 aromatic carbocycles. The van der Waals surface area contributed by atoms with Gasteiger partial charge in [-0.15, -0.1) is 0 Å². The third kappa shape index (κ3) is 4.47. The van der Waals surface area contributed by atoms with Crippen molar-refractivity contribution in [2.24, 2.45) is 0 Å². The summed E-state index contributed by atoms with van der Waals surface area (Å²) in [5.41, 5.74) is 3.34. The molecule has 2 aromatic heterocycles. The molecule has 1 amide bonds. The Morgan fingerprint density at radius 3 is 2.52 bits per heavy atom. The fourth-order valence-corrected chi connectivity index (χ4v) is 2.83. The van der Waals surface area contributed by atoms with E-state index in [0.29, 0.717) is 22.8 Å². The molecule has 2 heterocycles. The normalized spacial score (nSPS) is 11.8. The van der Waals surface area contributed by atoms with Gasteiger partial charge in [-0.1, -0.05) is 35.9 Å². The van der Waals surface area contributed by atoms with E-state index < -0.39 is 0 Å². The lowest BCUT2D eigenvalue weighted by atomic mass is 10.1. The van der Waals surface area contributed by atoms with Crippen molar-refractivity contribution in [2.45, 2.75) is 33.2 Å². The average molecular weight is 362 g/mol. The summed E-state index contributed by atoms with van der Waals surface area (Å²) >= 11 is 0. The third-order valence-electron chi connectivity index (χ3n) is 4.42. The number of rotatable bonds is 5. The minimum Gasteiger partial charge on any atom is -0.349 e. The second kappa shape index (κ2) is 7.95. The van der Waals surface area contributed by atoms with Crippen LogP contribution >= 0.6 is 0 Å².